The Kier molecular flexibility index (Phi) is 5.11. The third-order valence-electron chi connectivity index (χ3n) is 3.65. The minimum absolute atomic E-state index is 0.293. The predicted molar refractivity (Wildman–Crippen MR) is 99.6 cm³/mol. The third-order valence-corrected chi connectivity index (χ3v) is 3.65. The summed E-state index contributed by atoms with van der Waals surface area (Å²) in [4.78, 5) is 16.5. The highest BCUT2D eigenvalue weighted by molar-refractivity contribution is 6.03. The summed E-state index contributed by atoms with van der Waals surface area (Å²) < 4.78 is 5.22. The van der Waals surface area contributed by atoms with Gasteiger partial charge in [0.1, 0.15) is 11.4 Å². The Hall–Kier alpha value is -3.85. The monoisotopic (exact) mass is 344 g/mol. The Morgan fingerprint density at radius 3 is 2.42 bits per heavy atom. The number of nitriles is 1. The summed E-state index contributed by atoms with van der Waals surface area (Å²) in [6.45, 7) is 0. The van der Waals surface area contributed by atoms with Crippen LogP contribution in [0.1, 0.15) is 16.1 Å². The Labute approximate surface area is 151 Å². The number of aromatic nitrogens is 1. The Bertz CT molecular complexity index is 945. The number of methoxy groups -OCH3 is 1. The maximum atomic E-state index is 12.3. The lowest BCUT2D eigenvalue weighted by molar-refractivity contribution is 0.102. The smallest absolute Gasteiger partial charge is 0.274 e. The Balaban J connectivity index is 1.68. The second kappa shape index (κ2) is 7.81. The molecule has 1 amide bonds. The van der Waals surface area contributed by atoms with Crippen LogP contribution in [0.4, 0.5) is 17.1 Å². The van der Waals surface area contributed by atoms with E-state index >= 15 is 0 Å². The van der Waals surface area contributed by atoms with Crippen molar-refractivity contribution in [3.63, 3.8) is 0 Å². The predicted octanol–water partition coefficient (Wildman–Crippen LogP) is 3.96. The molecule has 0 unspecified atom stereocenters. The molecule has 0 bridgehead atoms. The molecule has 2 aromatic carbocycles. The van der Waals surface area contributed by atoms with Crippen LogP contribution in [0.3, 0.4) is 0 Å². The number of hydrogen-bond acceptors (Lipinski definition) is 5. The molecule has 0 saturated carbocycles. The van der Waals surface area contributed by atoms with Crippen molar-refractivity contribution in [2.24, 2.45) is 0 Å². The summed E-state index contributed by atoms with van der Waals surface area (Å²) in [5.41, 5.74) is 3.04. The molecule has 0 aliphatic rings. The molecule has 0 radical (unpaired) electrons. The first-order valence-corrected chi connectivity index (χ1v) is 7.87. The van der Waals surface area contributed by atoms with Crippen LogP contribution < -0.4 is 15.4 Å². The number of carbonyl (C=O) groups excluding carboxylic acids is 1. The van der Waals surface area contributed by atoms with Gasteiger partial charge in [-0.2, -0.15) is 5.26 Å². The summed E-state index contributed by atoms with van der Waals surface area (Å²) in [6.07, 6.45) is 1.58. The Morgan fingerprint density at radius 1 is 1.04 bits per heavy atom. The van der Waals surface area contributed by atoms with Crippen LogP contribution in [0.15, 0.2) is 66.9 Å². The fraction of sp³-hybridized carbons (Fsp3) is 0.0500. The van der Waals surface area contributed by atoms with Gasteiger partial charge < -0.3 is 15.4 Å². The van der Waals surface area contributed by atoms with E-state index in [4.69, 9.17) is 10.00 Å². The number of pyridine rings is 1. The van der Waals surface area contributed by atoms with E-state index < -0.39 is 0 Å². The zero-order valence-electron chi connectivity index (χ0n) is 14.1. The molecule has 1 heterocycles. The van der Waals surface area contributed by atoms with Gasteiger partial charge in [-0.3, -0.25) is 4.79 Å². The third kappa shape index (κ3) is 3.97. The first kappa shape index (κ1) is 17.0. The zero-order valence-corrected chi connectivity index (χ0v) is 14.1. The standard InChI is InChI=1S/C20H16N4O2/c1-26-19-5-3-2-4-17(19)24-20(25)18-11-10-16(13-22-18)23-15-8-6-14(12-21)7-9-15/h2-11,13,23H,1H3,(H,24,25). The summed E-state index contributed by atoms with van der Waals surface area (Å²) in [5.74, 6) is 0.263. The Morgan fingerprint density at radius 2 is 1.77 bits per heavy atom. The van der Waals surface area contributed by atoms with E-state index in [-0.39, 0.29) is 5.91 Å². The van der Waals surface area contributed by atoms with Gasteiger partial charge in [-0.25, -0.2) is 4.98 Å². The normalized spacial score (nSPS) is 9.85. The van der Waals surface area contributed by atoms with Crippen LogP contribution in [0, 0.1) is 11.3 Å². The number of carbonyl (C=O) groups is 1. The molecule has 0 spiro atoms. The molecular formula is C20H16N4O2. The first-order chi connectivity index (χ1) is 12.7. The SMILES string of the molecule is COc1ccccc1NC(=O)c1ccc(Nc2ccc(C#N)cc2)cn1. The van der Waals surface area contributed by atoms with E-state index in [2.05, 4.69) is 21.7 Å². The molecule has 3 aromatic rings. The van der Waals surface area contributed by atoms with Gasteiger partial charge in [0, 0.05) is 5.69 Å². The molecule has 26 heavy (non-hydrogen) atoms. The molecule has 0 saturated heterocycles. The summed E-state index contributed by atoms with van der Waals surface area (Å²) in [5, 5.41) is 14.8. The maximum Gasteiger partial charge on any atom is 0.274 e. The van der Waals surface area contributed by atoms with Gasteiger partial charge in [0.05, 0.1) is 36.3 Å². The van der Waals surface area contributed by atoms with E-state index in [1.165, 1.54) is 0 Å². The fourth-order valence-corrected chi connectivity index (χ4v) is 2.33. The van der Waals surface area contributed by atoms with Crippen LogP contribution in [0.2, 0.25) is 0 Å². The maximum absolute atomic E-state index is 12.3. The lowest BCUT2D eigenvalue weighted by atomic mass is 10.2. The minimum Gasteiger partial charge on any atom is -0.495 e. The summed E-state index contributed by atoms with van der Waals surface area (Å²) in [7, 11) is 1.55. The van der Waals surface area contributed by atoms with Gasteiger partial charge in [0.25, 0.3) is 5.91 Å². The second-order valence-corrected chi connectivity index (χ2v) is 5.40. The van der Waals surface area contributed by atoms with Gasteiger partial charge >= 0.3 is 0 Å². The number of anilines is 3. The van der Waals surface area contributed by atoms with Crippen molar-refractivity contribution in [3.8, 4) is 11.8 Å². The number of nitrogens with one attached hydrogen (secondary N) is 2. The summed E-state index contributed by atoms with van der Waals surface area (Å²) in [6, 6.07) is 19.7. The topological polar surface area (TPSA) is 87.0 Å². The minimum atomic E-state index is -0.320. The number of rotatable bonds is 5. The highest BCUT2D eigenvalue weighted by Crippen LogP contribution is 2.23. The van der Waals surface area contributed by atoms with E-state index in [1.807, 2.05) is 12.1 Å². The molecule has 6 nitrogen and oxygen atoms in total. The van der Waals surface area contributed by atoms with Gasteiger partial charge in [0.2, 0.25) is 0 Å². The largest absolute Gasteiger partial charge is 0.495 e. The average molecular weight is 344 g/mol. The number of para-hydroxylation sites is 2. The molecule has 0 aliphatic carbocycles. The van der Waals surface area contributed by atoms with Crippen molar-refractivity contribution in [2.75, 3.05) is 17.7 Å². The van der Waals surface area contributed by atoms with Crippen molar-refractivity contribution >= 4 is 23.0 Å². The zero-order chi connectivity index (χ0) is 18.4. The van der Waals surface area contributed by atoms with E-state index in [9.17, 15) is 4.79 Å². The summed E-state index contributed by atoms with van der Waals surface area (Å²) >= 11 is 0. The van der Waals surface area contributed by atoms with Crippen LogP contribution in [-0.4, -0.2) is 18.0 Å². The number of nitrogens with zero attached hydrogens (tertiary/aromatic N) is 2. The molecule has 3 rings (SSSR count). The van der Waals surface area contributed by atoms with E-state index in [1.54, 1.807) is 61.8 Å². The van der Waals surface area contributed by atoms with Gasteiger partial charge in [-0.1, -0.05) is 12.1 Å². The molecule has 0 fully saturated rings. The average Bonchev–Trinajstić information content (AvgIpc) is 2.69. The lowest BCUT2D eigenvalue weighted by Crippen LogP contribution is -2.14. The molecule has 6 heteroatoms. The van der Waals surface area contributed by atoms with Crippen LogP contribution in [0.5, 0.6) is 5.75 Å². The molecular weight excluding hydrogens is 328 g/mol. The number of hydrogen-bond donors (Lipinski definition) is 2. The molecule has 0 aliphatic heterocycles. The van der Waals surface area contributed by atoms with Crippen molar-refractivity contribution in [1.29, 1.82) is 5.26 Å². The lowest BCUT2D eigenvalue weighted by Gasteiger charge is -2.10. The van der Waals surface area contributed by atoms with Gasteiger partial charge in [-0.05, 0) is 48.5 Å². The molecule has 1 aromatic heterocycles. The van der Waals surface area contributed by atoms with Crippen LogP contribution in [0.25, 0.3) is 0 Å². The van der Waals surface area contributed by atoms with Crippen molar-refractivity contribution < 1.29 is 9.53 Å². The quantitative estimate of drug-likeness (QED) is 0.731. The first-order valence-electron chi connectivity index (χ1n) is 7.87. The highest BCUT2D eigenvalue weighted by atomic mass is 16.5. The van der Waals surface area contributed by atoms with Crippen LogP contribution in [-0.2, 0) is 0 Å². The van der Waals surface area contributed by atoms with Crippen molar-refractivity contribution in [2.45, 2.75) is 0 Å². The van der Waals surface area contributed by atoms with Crippen molar-refractivity contribution in [3.05, 3.63) is 78.1 Å². The second-order valence-electron chi connectivity index (χ2n) is 5.40. The number of ether oxygens (including phenoxy) is 1. The van der Waals surface area contributed by atoms with Crippen molar-refractivity contribution in [1.82, 2.24) is 4.98 Å². The molecule has 0 atom stereocenters. The number of amides is 1. The van der Waals surface area contributed by atoms with Gasteiger partial charge in [-0.15, -0.1) is 0 Å². The van der Waals surface area contributed by atoms with Gasteiger partial charge in [0.15, 0.2) is 0 Å². The molecule has 128 valence electrons. The fourth-order valence-electron chi connectivity index (χ4n) is 2.33. The highest BCUT2D eigenvalue weighted by Gasteiger charge is 2.10. The van der Waals surface area contributed by atoms with E-state index in [0.29, 0.717) is 22.7 Å². The van der Waals surface area contributed by atoms with Crippen LogP contribution >= 0.6 is 0 Å². The number of benzene rings is 2. The molecule has 2 N–H and O–H groups in total. The van der Waals surface area contributed by atoms with E-state index in [0.717, 1.165) is 11.4 Å².